The molecule has 2 aromatic heterocycles. The third-order valence-corrected chi connectivity index (χ3v) is 8.45. The van der Waals surface area contributed by atoms with Crippen LogP contribution in [0.25, 0.3) is 0 Å². The highest BCUT2D eigenvalue weighted by Gasteiger charge is 2.23. The van der Waals surface area contributed by atoms with Gasteiger partial charge in [0, 0.05) is 25.2 Å². The zero-order valence-electron chi connectivity index (χ0n) is 21.1. The molecule has 2 heterocycles. The first-order valence-corrected chi connectivity index (χ1v) is 16.7. The molecular weight excluding hydrogens is 532 g/mol. The van der Waals surface area contributed by atoms with E-state index in [4.69, 9.17) is 4.74 Å². The molecule has 2 aromatic carbocycles. The summed E-state index contributed by atoms with van der Waals surface area (Å²) in [5.74, 6) is -0.422. The van der Waals surface area contributed by atoms with E-state index in [1.807, 2.05) is 79.7 Å². The Bertz CT molecular complexity index is 1300. The highest BCUT2D eigenvalue weighted by molar-refractivity contribution is 9.10. The normalized spacial score (nSPS) is 13.4. The molecule has 2 unspecified atom stereocenters. The van der Waals surface area contributed by atoms with Crippen LogP contribution in [0.4, 0.5) is 0 Å². The number of nitrogens with one attached hydrogen (secondary N) is 2. The van der Waals surface area contributed by atoms with Gasteiger partial charge in [-0.3, -0.25) is 0 Å². The molecule has 4 aromatic rings. The van der Waals surface area contributed by atoms with Crippen LogP contribution in [0, 0.1) is 6.92 Å². The van der Waals surface area contributed by atoms with Crippen molar-refractivity contribution >= 4 is 30.0 Å². The summed E-state index contributed by atoms with van der Waals surface area (Å²) in [7, 11) is -1.26. The number of hydrogen-bond acceptors (Lipinski definition) is 3. The van der Waals surface area contributed by atoms with Crippen LogP contribution < -0.4 is 0 Å². The Labute approximate surface area is 222 Å². The Hall–Kier alpha value is -2.87. The SMILES string of the molecule is Cc1ccc(C(O)c2ccc(C(c3ccc(C(=O)OCC[Si](C)(C)C)cc3)c3ccc(Br)[nH]3)[nH]2)cc1. The van der Waals surface area contributed by atoms with E-state index < -0.39 is 14.2 Å². The van der Waals surface area contributed by atoms with Gasteiger partial charge in [-0.05, 0) is 76.4 Å². The largest absolute Gasteiger partial charge is 0.462 e. The topological polar surface area (TPSA) is 78.1 Å². The van der Waals surface area contributed by atoms with Gasteiger partial charge in [0.05, 0.1) is 22.7 Å². The van der Waals surface area contributed by atoms with E-state index in [1.165, 1.54) is 0 Å². The fourth-order valence-electron chi connectivity index (χ4n) is 4.11. The molecule has 2 atom stereocenters. The van der Waals surface area contributed by atoms with Gasteiger partial charge in [-0.2, -0.15) is 0 Å². The maximum atomic E-state index is 12.5. The lowest BCUT2D eigenvalue weighted by molar-refractivity contribution is 0.0525. The van der Waals surface area contributed by atoms with Gasteiger partial charge in [0.1, 0.15) is 6.10 Å². The highest BCUT2D eigenvalue weighted by Crippen LogP contribution is 2.33. The Morgan fingerprint density at radius 2 is 1.44 bits per heavy atom. The molecule has 0 aliphatic carbocycles. The maximum absolute atomic E-state index is 12.5. The van der Waals surface area contributed by atoms with E-state index in [9.17, 15) is 9.90 Å². The Morgan fingerprint density at radius 3 is 2.06 bits per heavy atom. The summed E-state index contributed by atoms with van der Waals surface area (Å²) < 4.78 is 6.39. The van der Waals surface area contributed by atoms with Crippen molar-refractivity contribution in [3.05, 3.63) is 117 Å². The van der Waals surface area contributed by atoms with Crippen LogP contribution in [-0.4, -0.2) is 35.7 Å². The number of benzene rings is 2. The van der Waals surface area contributed by atoms with Crippen molar-refractivity contribution in [1.29, 1.82) is 0 Å². The number of hydrogen-bond donors (Lipinski definition) is 3. The number of aromatic amines is 2. The lowest BCUT2D eigenvalue weighted by Gasteiger charge is -2.17. The van der Waals surface area contributed by atoms with Gasteiger partial charge in [-0.25, -0.2) is 4.79 Å². The first kappa shape index (κ1) is 26.2. The van der Waals surface area contributed by atoms with Crippen LogP contribution >= 0.6 is 15.9 Å². The smallest absolute Gasteiger partial charge is 0.338 e. The average Bonchev–Trinajstić information content (AvgIpc) is 3.49. The Kier molecular flexibility index (Phi) is 8.03. The van der Waals surface area contributed by atoms with Crippen molar-refractivity contribution in [2.45, 2.75) is 44.6 Å². The molecular formula is C29H33BrN2O3Si. The molecule has 0 bridgehead atoms. The maximum Gasteiger partial charge on any atom is 0.338 e. The summed E-state index contributed by atoms with van der Waals surface area (Å²) in [6.07, 6.45) is -0.747. The summed E-state index contributed by atoms with van der Waals surface area (Å²) in [5, 5.41) is 10.9. The van der Waals surface area contributed by atoms with Gasteiger partial charge in [-0.15, -0.1) is 0 Å². The molecule has 4 rings (SSSR count). The van der Waals surface area contributed by atoms with Crippen molar-refractivity contribution in [3.63, 3.8) is 0 Å². The van der Waals surface area contributed by atoms with Gasteiger partial charge in [0.15, 0.2) is 0 Å². The lowest BCUT2D eigenvalue weighted by Crippen LogP contribution is -2.22. The number of aliphatic hydroxyl groups is 1. The fourth-order valence-corrected chi connectivity index (χ4v) is 5.19. The van der Waals surface area contributed by atoms with Crippen LogP contribution in [-0.2, 0) is 4.74 Å². The number of carbonyl (C=O) groups is 1. The van der Waals surface area contributed by atoms with Crippen LogP contribution in [0.1, 0.15) is 56.2 Å². The molecule has 188 valence electrons. The van der Waals surface area contributed by atoms with Gasteiger partial charge < -0.3 is 19.8 Å². The van der Waals surface area contributed by atoms with Crippen LogP contribution in [0.5, 0.6) is 0 Å². The zero-order chi connectivity index (χ0) is 25.9. The third-order valence-electron chi connectivity index (χ3n) is 6.28. The second kappa shape index (κ2) is 11.0. The summed E-state index contributed by atoms with van der Waals surface area (Å²) in [6, 6.07) is 24.3. The number of ether oxygens (including phenoxy) is 1. The number of esters is 1. The minimum Gasteiger partial charge on any atom is -0.462 e. The molecule has 0 fully saturated rings. The molecule has 0 radical (unpaired) electrons. The quantitative estimate of drug-likeness (QED) is 0.149. The molecule has 0 spiro atoms. The first-order chi connectivity index (χ1) is 17.1. The fraction of sp³-hybridized carbons (Fsp3) is 0.276. The zero-order valence-corrected chi connectivity index (χ0v) is 23.7. The predicted octanol–water partition coefficient (Wildman–Crippen LogP) is 7.17. The second-order valence-electron chi connectivity index (χ2n) is 10.4. The highest BCUT2D eigenvalue weighted by atomic mass is 79.9. The number of aliphatic hydroxyl groups excluding tert-OH is 1. The summed E-state index contributed by atoms with van der Waals surface area (Å²) >= 11 is 3.51. The third kappa shape index (κ3) is 6.46. The number of H-pyrrole nitrogens is 2. The van der Waals surface area contributed by atoms with E-state index in [-0.39, 0.29) is 11.9 Å². The number of carbonyl (C=O) groups excluding carboxylic acids is 1. The minimum absolute atomic E-state index is 0.132. The molecule has 0 amide bonds. The predicted molar refractivity (Wildman–Crippen MR) is 150 cm³/mol. The molecule has 0 aliphatic heterocycles. The summed E-state index contributed by atoms with van der Waals surface area (Å²) in [6.45, 7) is 9.28. The van der Waals surface area contributed by atoms with Gasteiger partial charge in [0.2, 0.25) is 0 Å². The number of halogens is 1. The van der Waals surface area contributed by atoms with Crippen molar-refractivity contribution in [2.24, 2.45) is 0 Å². The Morgan fingerprint density at radius 1 is 0.861 bits per heavy atom. The number of aryl methyl sites for hydroxylation is 1. The van der Waals surface area contributed by atoms with Crippen molar-refractivity contribution in [1.82, 2.24) is 9.97 Å². The number of aromatic nitrogens is 2. The molecule has 36 heavy (non-hydrogen) atoms. The molecule has 7 heteroatoms. The number of rotatable bonds is 9. The van der Waals surface area contributed by atoms with Crippen molar-refractivity contribution < 1.29 is 14.6 Å². The first-order valence-electron chi connectivity index (χ1n) is 12.2. The van der Waals surface area contributed by atoms with Gasteiger partial charge in [-0.1, -0.05) is 61.6 Å². The van der Waals surface area contributed by atoms with Gasteiger partial charge >= 0.3 is 5.97 Å². The molecule has 0 aliphatic rings. The van der Waals surface area contributed by atoms with E-state index in [2.05, 4.69) is 45.5 Å². The van der Waals surface area contributed by atoms with Crippen molar-refractivity contribution in [3.8, 4) is 0 Å². The molecule has 0 saturated heterocycles. The monoisotopic (exact) mass is 564 g/mol. The van der Waals surface area contributed by atoms with Crippen molar-refractivity contribution in [2.75, 3.05) is 6.61 Å². The van der Waals surface area contributed by atoms with Crippen LogP contribution in [0.15, 0.2) is 77.4 Å². The van der Waals surface area contributed by atoms with Gasteiger partial charge in [0.25, 0.3) is 0 Å². The van der Waals surface area contributed by atoms with E-state index >= 15 is 0 Å². The van der Waals surface area contributed by atoms with E-state index in [0.717, 1.165) is 44.4 Å². The Balaban J connectivity index is 1.58. The lowest BCUT2D eigenvalue weighted by atomic mass is 9.92. The van der Waals surface area contributed by atoms with Crippen LogP contribution in [0.2, 0.25) is 25.7 Å². The van der Waals surface area contributed by atoms with Crippen LogP contribution in [0.3, 0.4) is 0 Å². The van der Waals surface area contributed by atoms with E-state index in [1.54, 1.807) is 0 Å². The summed E-state index contributed by atoms with van der Waals surface area (Å²) in [4.78, 5) is 19.3. The molecule has 3 N–H and O–H groups in total. The second-order valence-corrected chi connectivity index (χ2v) is 16.9. The molecule has 0 saturated carbocycles. The average molecular weight is 566 g/mol. The standard InChI is InChI=1S/C29H33BrN2O3Si/c1-19-5-7-21(8-6-19)28(33)25-14-13-23(31-25)27(24-15-16-26(30)32-24)20-9-11-22(12-10-20)29(34)35-17-18-36(2,3)4/h5-16,27-28,31-33H,17-18H2,1-4H3. The molecule has 5 nitrogen and oxygen atoms in total. The minimum atomic E-state index is -1.26. The van der Waals surface area contributed by atoms with E-state index in [0.29, 0.717) is 12.2 Å². The summed E-state index contributed by atoms with van der Waals surface area (Å²) in [5.41, 5.74) is 6.21.